The van der Waals surface area contributed by atoms with Gasteiger partial charge in [-0.15, -0.1) is 0 Å². The molecule has 4 aromatic rings. The van der Waals surface area contributed by atoms with Crippen LogP contribution in [0.1, 0.15) is 29.6 Å². The maximum absolute atomic E-state index is 12.8. The van der Waals surface area contributed by atoms with Crippen LogP contribution in [-0.4, -0.2) is 27.1 Å². The molecule has 1 heterocycles. The zero-order valence-corrected chi connectivity index (χ0v) is 19.4. The van der Waals surface area contributed by atoms with Crippen LogP contribution in [-0.2, 0) is 4.79 Å². The van der Waals surface area contributed by atoms with Gasteiger partial charge in [0.2, 0.25) is 0 Å². The highest BCUT2D eigenvalue weighted by Gasteiger charge is 2.37. The lowest BCUT2D eigenvalue weighted by Crippen LogP contribution is -2.25. The molecule has 5 rings (SSSR count). The van der Waals surface area contributed by atoms with Crippen LogP contribution >= 0.6 is 11.3 Å². The monoisotopic (exact) mass is 488 g/mol. The Bertz CT molecular complexity index is 1380. The summed E-state index contributed by atoms with van der Waals surface area (Å²) in [5.74, 6) is -2.01. The first-order chi connectivity index (χ1) is 16.9. The van der Waals surface area contributed by atoms with Crippen LogP contribution in [0.2, 0.25) is 0 Å². The maximum atomic E-state index is 12.8. The van der Waals surface area contributed by atoms with Gasteiger partial charge in [0.1, 0.15) is 0 Å². The summed E-state index contributed by atoms with van der Waals surface area (Å²) in [6.07, 6.45) is 1.95. The number of carbonyl (C=O) groups is 2. The van der Waals surface area contributed by atoms with E-state index in [9.17, 15) is 19.9 Å². The number of carboxylic acid groups (broad SMARTS) is 1. The zero-order chi connectivity index (χ0) is 24.5. The molecule has 0 aliphatic heterocycles. The molecule has 178 valence electrons. The number of carboxylic acids is 1. The van der Waals surface area contributed by atoms with E-state index >= 15 is 0 Å². The van der Waals surface area contributed by atoms with Crippen LogP contribution in [0.4, 0.5) is 16.5 Å². The van der Waals surface area contributed by atoms with Gasteiger partial charge in [0.25, 0.3) is 0 Å². The lowest BCUT2D eigenvalue weighted by Gasteiger charge is -2.20. The topological polar surface area (TPSA) is 126 Å². The van der Waals surface area contributed by atoms with Crippen molar-refractivity contribution in [2.24, 2.45) is 11.8 Å². The third kappa shape index (κ3) is 4.74. The Hall–Kier alpha value is -3.79. The average molecular weight is 489 g/mol. The van der Waals surface area contributed by atoms with Crippen molar-refractivity contribution in [2.75, 3.05) is 10.5 Å². The molecule has 0 radical (unpaired) electrons. The van der Waals surface area contributed by atoms with E-state index < -0.39 is 17.8 Å². The molecular weight excluding hydrogens is 466 g/mol. The molecule has 1 aliphatic carbocycles. The van der Waals surface area contributed by atoms with Crippen LogP contribution in [0, 0.1) is 17.0 Å². The summed E-state index contributed by atoms with van der Waals surface area (Å²) in [7, 11) is 0. The summed E-state index contributed by atoms with van der Waals surface area (Å²) in [4.78, 5) is 28.8. The van der Waals surface area contributed by atoms with Crippen molar-refractivity contribution < 1.29 is 19.9 Å². The molecular formula is C26H22N3O5S-. The second kappa shape index (κ2) is 9.46. The molecule has 0 spiro atoms. The van der Waals surface area contributed by atoms with Gasteiger partial charge >= 0.3 is 5.97 Å². The molecule has 35 heavy (non-hydrogen) atoms. The predicted octanol–water partition coefficient (Wildman–Crippen LogP) is 6.08. The second-order valence-corrected chi connectivity index (χ2v) is 9.60. The molecule has 0 saturated heterocycles. The van der Waals surface area contributed by atoms with Crippen molar-refractivity contribution >= 4 is 49.8 Å². The second-order valence-electron chi connectivity index (χ2n) is 8.57. The summed E-state index contributed by atoms with van der Waals surface area (Å²) >= 11 is 1.37. The van der Waals surface area contributed by atoms with E-state index in [4.69, 9.17) is 5.21 Å². The number of aromatic nitrogens is 1. The highest BCUT2D eigenvalue weighted by atomic mass is 32.1. The van der Waals surface area contributed by atoms with E-state index in [2.05, 4.69) is 10.3 Å². The number of ketones is 1. The Morgan fingerprint density at radius 3 is 2.29 bits per heavy atom. The minimum Gasteiger partial charge on any atom is -0.733 e. The van der Waals surface area contributed by atoms with Crippen molar-refractivity contribution in [3.8, 4) is 11.1 Å². The summed E-state index contributed by atoms with van der Waals surface area (Å²) in [5, 5.41) is 33.3. The van der Waals surface area contributed by atoms with Crippen LogP contribution in [0.3, 0.4) is 0 Å². The fourth-order valence-corrected chi connectivity index (χ4v) is 5.48. The van der Waals surface area contributed by atoms with Crippen molar-refractivity contribution in [1.82, 2.24) is 4.98 Å². The van der Waals surface area contributed by atoms with Crippen LogP contribution in [0.15, 0.2) is 66.7 Å². The molecule has 1 fully saturated rings. The first-order valence-electron chi connectivity index (χ1n) is 11.2. The fraction of sp³-hybridized carbons (Fsp3) is 0.192. The van der Waals surface area contributed by atoms with E-state index in [0.29, 0.717) is 23.5 Å². The van der Waals surface area contributed by atoms with Gasteiger partial charge in [0.05, 0.1) is 21.8 Å². The number of aliphatic carboxylic acids is 1. The standard InChI is InChI=1S/C26H22N3O5S/c30-24(20-2-1-3-21(20)25(31)32)17-6-4-15(5-7-17)16-8-10-18(11-9-16)27-26-28-22-13-12-19(29(33)34)14-23(22)35-26/h4-14,20-21,33H,1-3H2,(H,27,28)(H,31,32)/q-1/t20-,21-/m1/s1. The Balaban J connectivity index is 1.28. The normalized spacial score (nSPS) is 17.4. The lowest BCUT2D eigenvalue weighted by molar-refractivity contribution is -0.142. The number of hydrogen-bond acceptors (Lipinski definition) is 8. The van der Waals surface area contributed by atoms with E-state index in [1.54, 1.807) is 24.3 Å². The number of carbonyl (C=O) groups excluding carboxylic acids is 1. The smallest absolute Gasteiger partial charge is 0.307 e. The number of benzene rings is 3. The third-order valence-corrected chi connectivity index (χ3v) is 7.34. The highest BCUT2D eigenvalue weighted by Crippen LogP contribution is 2.35. The third-order valence-electron chi connectivity index (χ3n) is 6.40. The van der Waals surface area contributed by atoms with Gasteiger partial charge in [-0.3, -0.25) is 14.8 Å². The van der Waals surface area contributed by atoms with Crippen LogP contribution in [0.5, 0.6) is 0 Å². The molecule has 3 aromatic carbocycles. The number of hydrogen-bond donors (Lipinski definition) is 3. The number of fused-ring (bicyclic) bond motifs is 1. The summed E-state index contributed by atoms with van der Waals surface area (Å²) in [6.45, 7) is 0. The molecule has 0 unspecified atom stereocenters. The number of thiazole rings is 1. The molecule has 8 nitrogen and oxygen atoms in total. The van der Waals surface area contributed by atoms with Crippen molar-refractivity contribution in [3.05, 3.63) is 77.5 Å². The molecule has 1 saturated carbocycles. The van der Waals surface area contributed by atoms with E-state index in [1.165, 1.54) is 17.4 Å². The van der Waals surface area contributed by atoms with Gasteiger partial charge < -0.3 is 20.9 Å². The fourth-order valence-electron chi connectivity index (χ4n) is 4.57. The van der Waals surface area contributed by atoms with Gasteiger partial charge in [-0.2, -0.15) is 0 Å². The van der Waals surface area contributed by atoms with Gasteiger partial charge in [0.15, 0.2) is 10.9 Å². The Kier molecular flexibility index (Phi) is 6.21. The number of Topliss-reactive ketones (excluding diaryl/α,β-unsaturated/α-hetero) is 1. The molecule has 1 aromatic heterocycles. The first-order valence-corrected chi connectivity index (χ1v) is 12.0. The number of nitrogens with one attached hydrogen (secondary N) is 1. The van der Waals surface area contributed by atoms with Crippen molar-refractivity contribution in [2.45, 2.75) is 19.3 Å². The SMILES string of the molecule is O=C(O)[C@@H]1CCC[C@H]1C(=O)c1ccc(-c2ccc(Nc3nc4ccc(N([O-])O)cc4s3)cc2)cc1. The lowest BCUT2D eigenvalue weighted by atomic mass is 9.88. The van der Waals surface area contributed by atoms with Gasteiger partial charge in [0, 0.05) is 17.2 Å². The summed E-state index contributed by atoms with van der Waals surface area (Å²) < 4.78 is 0.776. The number of rotatable bonds is 7. The quantitative estimate of drug-likeness (QED) is 0.211. The summed E-state index contributed by atoms with van der Waals surface area (Å²) in [6, 6.07) is 19.8. The van der Waals surface area contributed by atoms with E-state index in [1.807, 2.05) is 36.4 Å². The molecule has 1 aliphatic rings. The molecule has 2 atom stereocenters. The van der Waals surface area contributed by atoms with Gasteiger partial charge in [-0.05, 0) is 54.3 Å². The van der Waals surface area contributed by atoms with Gasteiger partial charge in [-0.1, -0.05) is 54.2 Å². The number of anilines is 3. The predicted molar refractivity (Wildman–Crippen MR) is 135 cm³/mol. The van der Waals surface area contributed by atoms with E-state index in [-0.39, 0.29) is 16.7 Å². The number of nitrogens with zero attached hydrogens (tertiary/aromatic N) is 2. The Labute approximate surface area is 205 Å². The average Bonchev–Trinajstić information content (AvgIpc) is 3.51. The minimum absolute atomic E-state index is 0.0918. The molecule has 0 amide bonds. The minimum atomic E-state index is -0.888. The van der Waals surface area contributed by atoms with Crippen LogP contribution < -0.4 is 10.5 Å². The van der Waals surface area contributed by atoms with Gasteiger partial charge in [-0.25, -0.2) is 4.98 Å². The zero-order valence-electron chi connectivity index (χ0n) is 18.5. The molecule has 0 bridgehead atoms. The van der Waals surface area contributed by atoms with E-state index in [0.717, 1.165) is 33.5 Å². The largest absolute Gasteiger partial charge is 0.733 e. The highest BCUT2D eigenvalue weighted by molar-refractivity contribution is 7.22. The Morgan fingerprint density at radius 2 is 1.63 bits per heavy atom. The maximum Gasteiger partial charge on any atom is 0.307 e. The summed E-state index contributed by atoms with van der Waals surface area (Å²) in [5.41, 5.74) is 4.19. The van der Waals surface area contributed by atoms with Crippen molar-refractivity contribution in [1.29, 1.82) is 0 Å². The van der Waals surface area contributed by atoms with Crippen LogP contribution in [0.25, 0.3) is 21.3 Å². The van der Waals surface area contributed by atoms with Crippen molar-refractivity contribution in [3.63, 3.8) is 0 Å². The molecule has 9 heteroatoms. The Morgan fingerprint density at radius 1 is 0.971 bits per heavy atom. The molecule has 3 N–H and O–H groups in total. The first kappa shape index (κ1) is 23.0.